The lowest BCUT2D eigenvalue weighted by Gasteiger charge is -2.26. The number of Topliss-reactive ketones (excluding diaryl/α,β-unsaturated/α-hetero) is 1. The molecule has 0 N–H and O–H groups in total. The van der Waals surface area contributed by atoms with Gasteiger partial charge < -0.3 is 22.6 Å². The second kappa shape index (κ2) is 35.7. The van der Waals surface area contributed by atoms with Crippen molar-refractivity contribution >= 4 is 20.1 Å². The molecule has 0 aromatic rings. The first-order chi connectivity index (χ1) is 22.3. The van der Waals surface area contributed by atoms with Gasteiger partial charge >= 0.3 is 0 Å². The Labute approximate surface area is 290 Å². The lowest BCUT2D eigenvalue weighted by atomic mass is 10.0. The van der Waals surface area contributed by atoms with E-state index in [9.17, 15) is 9.59 Å². The Bertz CT molecular complexity index is 688. The Kier molecular flexibility index (Phi) is 35.3. The number of ketones is 1. The van der Waals surface area contributed by atoms with Crippen LogP contribution >= 0.6 is 8.81 Å². The van der Waals surface area contributed by atoms with Gasteiger partial charge in [-0.05, 0) is 51.4 Å². The Morgan fingerprint density at radius 3 is 1.24 bits per heavy atom. The largest absolute Gasteiger partial charge is 0.546 e. The summed E-state index contributed by atoms with van der Waals surface area (Å²) in [7, 11) is 6.94. The van der Waals surface area contributed by atoms with E-state index < -0.39 is 0 Å². The standard InChI is InChI=1S/C41H80NO3P/c1-5-6-7-8-9-10-11-12-14-17-20-23-26-29-32-35-40(43)36-33-30-27-24-21-18-15-13-16-19-22-25-28-31-34-37-41(44)46-45-39-38-42(2,3)4/h13,16H,5-12,14-15,17-39H2,1-4H3. The van der Waals surface area contributed by atoms with Gasteiger partial charge in [0.05, 0.1) is 34.3 Å². The van der Waals surface area contributed by atoms with Gasteiger partial charge in [-0.25, -0.2) is 0 Å². The van der Waals surface area contributed by atoms with Crippen molar-refractivity contribution in [2.45, 2.75) is 206 Å². The van der Waals surface area contributed by atoms with E-state index in [0.29, 0.717) is 27.6 Å². The summed E-state index contributed by atoms with van der Waals surface area (Å²) >= 11 is 0. The summed E-state index contributed by atoms with van der Waals surface area (Å²) in [6.07, 6.45) is 43.5. The lowest BCUT2D eigenvalue weighted by molar-refractivity contribution is -0.870. The molecule has 0 rings (SSSR count). The highest BCUT2D eigenvalue weighted by Gasteiger charge is 2.04. The quantitative estimate of drug-likeness (QED) is 0.0285. The predicted octanol–water partition coefficient (Wildman–Crippen LogP) is 13.3. The minimum atomic E-state index is 0.222. The van der Waals surface area contributed by atoms with Crippen LogP contribution < -0.4 is 0 Å². The van der Waals surface area contributed by atoms with Crippen LogP contribution in [-0.4, -0.2) is 50.1 Å². The van der Waals surface area contributed by atoms with Gasteiger partial charge in [0.25, 0.3) is 0 Å². The molecular formula is C41H80NO3P. The van der Waals surface area contributed by atoms with Gasteiger partial charge in [-0.2, -0.15) is 0 Å². The number of carbonyl (C=O) groups is 2. The normalized spacial score (nSPS) is 12.3. The minimum absolute atomic E-state index is 0.222. The average Bonchev–Trinajstić information content (AvgIpc) is 3.02. The molecule has 272 valence electrons. The molecule has 0 aromatic heterocycles. The highest BCUT2D eigenvalue weighted by atomic mass is 31.1. The molecule has 0 aliphatic rings. The summed E-state index contributed by atoms with van der Waals surface area (Å²) < 4.78 is 6.35. The number of nitrogens with zero attached hydrogens (tertiary/aromatic N) is 1. The zero-order valence-corrected chi connectivity index (χ0v) is 32.5. The number of hydrogen-bond donors (Lipinski definition) is 0. The zero-order valence-electron chi connectivity index (χ0n) is 31.6. The molecule has 0 amide bonds. The topological polar surface area (TPSA) is 43.4 Å². The highest BCUT2D eigenvalue weighted by molar-refractivity contribution is 7.53. The third kappa shape index (κ3) is 39.6. The number of allylic oxidation sites excluding steroid dienone is 2. The van der Waals surface area contributed by atoms with Crippen LogP contribution in [0.5, 0.6) is 0 Å². The van der Waals surface area contributed by atoms with Crippen LogP contribution in [0.25, 0.3) is 0 Å². The number of likely N-dealkylation sites (N-methyl/N-ethyl adjacent to an activating group) is 1. The SMILES string of the molecule is CCCCCCCCCCCCCCCCCC(=O)CCCCCCCCC=CCCCCCCCC(=O)[P-]OCC[N+](C)(C)C. The van der Waals surface area contributed by atoms with Crippen molar-refractivity contribution < 1.29 is 18.6 Å². The van der Waals surface area contributed by atoms with Crippen LogP contribution in [0.15, 0.2) is 12.2 Å². The van der Waals surface area contributed by atoms with Crippen molar-refractivity contribution in [2.24, 2.45) is 0 Å². The molecule has 5 heteroatoms. The van der Waals surface area contributed by atoms with Gasteiger partial charge in [0.15, 0.2) is 0 Å². The van der Waals surface area contributed by atoms with E-state index in [4.69, 9.17) is 4.52 Å². The fourth-order valence-corrected chi connectivity index (χ4v) is 6.46. The molecule has 0 bridgehead atoms. The summed E-state index contributed by atoms with van der Waals surface area (Å²) in [6.45, 7) is 3.86. The minimum Gasteiger partial charge on any atom is -0.546 e. The van der Waals surface area contributed by atoms with Crippen LogP contribution in [0.1, 0.15) is 206 Å². The molecule has 0 radical (unpaired) electrons. The highest BCUT2D eigenvalue weighted by Crippen LogP contribution is 2.19. The fraction of sp³-hybridized carbons (Fsp3) is 0.902. The molecular weight excluding hydrogens is 585 g/mol. The van der Waals surface area contributed by atoms with Crippen LogP contribution in [0.2, 0.25) is 0 Å². The van der Waals surface area contributed by atoms with Crippen molar-refractivity contribution in [3.63, 3.8) is 0 Å². The van der Waals surface area contributed by atoms with E-state index in [0.717, 1.165) is 49.6 Å². The molecule has 0 heterocycles. The second-order valence-corrected chi connectivity index (χ2v) is 15.9. The van der Waals surface area contributed by atoms with Crippen molar-refractivity contribution in [1.29, 1.82) is 0 Å². The molecule has 0 saturated carbocycles. The molecule has 0 unspecified atom stereocenters. The fourth-order valence-electron chi connectivity index (χ4n) is 5.89. The third-order valence-electron chi connectivity index (χ3n) is 9.08. The van der Waals surface area contributed by atoms with E-state index in [1.807, 2.05) is 0 Å². The van der Waals surface area contributed by atoms with Gasteiger partial charge in [0, 0.05) is 18.4 Å². The molecule has 0 aromatic carbocycles. The molecule has 0 spiro atoms. The van der Waals surface area contributed by atoms with Crippen molar-refractivity contribution in [3.05, 3.63) is 12.2 Å². The van der Waals surface area contributed by atoms with E-state index in [1.54, 1.807) is 0 Å². The molecule has 46 heavy (non-hydrogen) atoms. The van der Waals surface area contributed by atoms with Crippen LogP contribution in [0, 0.1) is 0 Å². The summed E-state index contributed by atoms with van der Waals surface area (Å²) in [4.78, 5) is 24.1. The summed E-state index contributed by atoms with van der Waals surface area (Å²) in [5.41, 5.74) is 0.222. The van der Waals surface area contributed by atoms with Crippen LogP contribution in [0.3, 0.4) is 0 Å². The Morgan fingerprint density at radius 2 is 0.848 bits per heavy atom. The van der Waals surface area contributed by atoms with Crippen molar-refractivity contribution in [3.8, 4) is 0 Å². The monoisotopic (exact) mass is 666 g/mol. The zero-order chi connectivity index (χ0) is 33.8. The van der Waals surface area contributed by atoms with Gasteiger partial charge in [-0.1, -0.05) is 154 Å². The number of hydrogen-bond acceptors (Lipinski definition) is 3. The van der Waals surface area contributed by atoms with E-state index >= 15 is 0 Å². The van der Waals surface area contributed by atoms with E-state index in [1.165, 1.54) is 154 Å². The van der Waals surface area contributed by atoms with Gasteiger partial charge in [-0.15, -0.1) is 0 Å². The van der Waals surface area contributed by atoms with Crippen LogP contribution in [-0.2, 0) is 14.1 Å². The number of unbranched alkanes of at least 4 members (excludes halogenated alkanes) is 25. The van der Waals surface area contributed by atoms with Crippen LogP contribution in [0.4, 0.5) is 0 Å². The first-order valence-electron chi connectivity index (χ1n) is 20.2. The molecule has 0 atom stereocenters. The van der Waals surface area contributed by atoms with Gasteiger partial charge in [0.1, 0.15) is 5.78 Å². The first kappa shape index (κ1) is 45.4. The maximum atomic E-state index is 12.2. The smallest absolute Gasteiger partial charge is 0.132 e. The van der Waals surface area contributed by atoms with Gasteiger partial charge in [0.2, 0.25) is 0 Å². The Hall–Kier alpha value is -0.570. The number of quaternary nitrogens is 1. The summed E-state index contributed by atoms with van der Waals surface area (Å²) in [5.74, 6) is 0.502. The average molecular weight is 666 g/mol. The second-order valence-electron chi connectivity index (χ2n) is 15.0. The van der Waals surface area contributed by atoms with Crippen molar-refractivity contribution in [2.75, 3.05) is 34.3 Å². The van der Waals surface area contributed by atoms with Crippen molar-refractivity contribution in [1.82, 2.24) is 0 Å². The maximum absolute atomic E-state index is 12.2. The summed E-state index contributed by atoms with van der Waals surface area (Å²) in [6, 6.07) is 0. The molecule has 0 aliphatic heterocycles. The number of rotatable bonds is 38. The molecule has 0 fully saturated rings. The molecule has 4 nitrogen and oxygen atoms in total. The van der Waals surface area contributed by atoms with Gasteiger partial charge in [-0.3, -0.25) is 4.79 Å². The van der Waals surface area contributed by atoms with E-state index in [-0.39, 0.29) is 5.52 Å². The Balaban J connectivity index is 3.27. The molecule has 0 saturated heterocycles. The first-order valence-corrected chi connectivity index (χ1v) is 21.0. The Morgan fingerprint density at radius 1 is 0.500 bits per heavy atom. The van der Waals surface area contributed by atoms with E-state index in [2.05, 4.69) is 40.2 Å². The molecule has 0 aliphatic carbocycles. The third-order valence-corrected chi connectivity index (χ3v) is 9.82. The number of carbonyl (C=O) groups excluding carboxylic acids is 2. The predicted molar refractivity (Wildman–Crippen MR) is 204 cm³/mol. The maximum Gasteiger partial charge on any atom is 0.132 e. The summed E-state index contributed by atoms with van der Waals surface area (Å²) in [5, 5.41) is 0. The lowest BCUT2D eigenvalue weighted by Crippen LogP contribution is -2.37.